The summed E-state index contributed by atoms with van der Waals surface area (Å²) >= 11 is 0. The van der Waals surface area contributed by atoms with Crippen LogP contribution in [0.2, 0.25) is 0 Å². The average molecular weight is 464 g/mol. The van der Waals surface area contributed by atoms with Crippen molar-refractivity contribution in [1.82, 2.24) is 4.90 Å². The molecule has 0 amide bonds. The summed E-state index contributed by atoms with van der Waals surface area (Å²) in [6.45, 7) is 14.7. The van der Waals surface area contributed by atoms with Crippen LogP contribution >= 0.6 is 0 Å². The molecular formula is C30H41NO3. The van der Waals surface area contributed by atoms with E-state index >= 15 is 0 Å². The Morgan fingerprint density at radius 3 is 2.68 bits per heavy atom. The minimum absolute atomic E-state index is 0.0414. The lowest BCUT2D eigenvalue weighted by molar-refractivity contribution is -0.389. The number of benzene rings is 1. The van der Waals surface area contributed by atoms with Crippen LogP contribution in [-0.4, -0.2) is 48.1 Å². The fraction of sp³-hybridized carbons (Fsp3) is 0.800. The molecule has 4 bridgehead atoms. The molecule has 3 heterocycles. The molecule has 184 valence electrons. The number of piperidine rings is 1. The van der Waals surface area contributed by atoms with E-state index in [1.807, 2.05) is 0 Å². The smallest absolute Gasteiger partial charge is 0.148 e. The normalized spacial score (nSPS) is 48.3. The van der Waals surface area contributed by atoms with E-state index < -0.39 is 0 Å². The van der Waals surface area contributed by atoms with E-state index in [4.69, 9.17) is 14.2 Å². The highest BCUT2D eigenvalue weighted by atomic mass is 16.7. The molecule has 4 nitrogen and oxygen atoms in total. The van der Waals surface area contributed by atoms with Gasteiger partial charge in [0.1, 0.15) is 24.2 Å². The highest BCUT2D eigenvalue weighted by Gasteiger charge is 2.83. The van der Waals surface area contributed by atoms with Crippen molar-refractivity contribution < 1.29 is 14.2 Å². The van der Waals surface area contributed by atoms with Crippen LogP contribution in [0.4, 0.5) is 0 Å². The van der Waals surface area contributed by atoms with E-state index in [1.165, 1.54) is 62.9 Å². The van der Waals surface area contributed by atoms with Gasteiger partial charge in [0, 0.05) is 34.9 Å². The lowest BCUT2D eigenvalue weighted by atomic mass is 9.33. The molecule has 0 N–H and O–H groups in total. The number of fused-ring (bicyclic) bond motifs is 1. The molecule has 34 heavy (non-hydrogen) atoms. The highest BCUT2D eigenvalue weighted by molar-refractivity contribution is 5.61. The molecule has 0 aromatic heterocycles. The second kappa shape index (κ2) is 6.06. The number of aryl methyl sites for hydroxylation is 1. The lowest BCUT2D eigenvalue weighted by Crippen LogP contribution is -2.84. The zero-order valence-corrected chi connectivity index (χ0v) is 21.7. The third kappa shape index (κ3) is 2.09. The average Bonchev–Trinajstić information content (AvgIpc) is 3.53. The molecule has 2 saturated heterocycles. The van der Waals surface area contributed by atoms with Gasteiger partial charge in [0.05, 0.1) is 5.60 Å². The maximum atomic E-state index is 7.23. The molecule has 1 aromatic carbocycles. The minimum atomic E-state index is -0.245. The van der Waals surface area contributed by atoms with Gasteiger partial charge in [-0.3, -0.25) is 4.90 Å². The summed E-state index contributed by atoms with van der Waals surface area (Å²) in [5, 5.41) is 0. The lowest BCUT2D eigenvalue weighted by Gasteiger charge is -2.77. The Labute approximate surface area is 204 Å². The van der Waals surface area contributed by atoms with Crippen LogP contribution in [-0.2, 0) is 21.3 Å². The van der Waals surface area contributed by atoms with Crippen molar-refractivity contribution >= 4 is 0 Å². The molecule has 3 aliphatic heterocycles. The maximum Gasteiger partial charge on any atom is 0.148 e. The fourth-order valence-corrected chi connectivity index (χ4v) is 10.2. The van der Waals surface area contributed by atoms with Crippen molar-refractivity contribution in [3.63, 3.8) is 0 Å². The van der Waals surface area contributed by atoms with Gasteiger partial charge in [-0.05, 0) is 87.8 Å². The number of rotatable bonds is 2. The van der Waals surface area contributed by atoms with Crippen LogP contribution in [0, 0.1) is 29.6 Å². The second-order valence-corrected chi connectivity index (χ2v) is 14.3. The van der Waals surface area contributed by atoms with E-state index in [9.17, 15) is 0 Å². The van der Waals surface area contributed by atoms with E-state index in [0.29, 0.717) is 18.8 Å². The summed E-state index contributed by atoms with van der Waals surface area (Å²) in [7, 11) is 0. The molecule has 1 aromatic rings. The number of ether oxygens (including phenoxy) is 3. The molecular weight excluding hydrogens is 422 g/mol. The predicted molar refractivity (Wildman–Crippen MR) is 131 cm³/mol. The van der Waals surface area contributed by atoms with Gasteiger partial charge in [-0.1, -0.05) is 32.9 Å². The summed E-state index contributed by atoms with van der Waals surface area (Å²) in [6.07, 6.45) is 9.04. The summed E-state index contributed by atoms with van der Waals surface area (Å²) in [6, 6.07) is 5.39. The van der Waals surface area contributed by atoms with Crippen molar-refractivity contribution in [2.45, 2.75) is 108 Å². The third-order valence-electron chi connectivity index (χ3n) is 12.3. The third-order valence-corrected chi connectivity index (χ3v) is 12.3. The fourth-order valence-electron chi connectivity index (χ4n) is 10.2. The van der Waals surface area contributed by atoms with Gasteiger partial charge in [0.25, 0.3) is 0 Å². The first-order chi connectivity index (χ1) is 16.2. The van der Waals surface area contributed by atoms with Crippen LogP contribution in [0.3, 0.4) is 0 Å². The SMILES string of the molecule is Cc1ccc2c3c1O[C@H]1[C@@]45CC[C@@]6(C[C@@H]4[C@@](C)(C(C)(C)C)OCO5)[C@@H](C2)N(CC2CC2)CC[C@]316. The van der Waals surface area contributed by atoms with E-state index in [-0.39, 0.29) is 33.6 Å². The van der Waals surface area contributed by atoms with Crippen molar-refractivity contribution in [2.24, 2.45) is 22.7 Å². The van der Waals surface area contributed by atoms with Crippen LogP contribution in [0.25, 0.3) is 0 Å². The standard InChI is InChI=1S/C30H41NO3/c1-18-6-9-20-14-22-28-10-11-30(21(15-28)27(5,26(2,3)4)32-17-33-30)25-29(28,23(20)24(18)34-25)12-13-31(22)16-19-7-8-19/h6,9,19,21-22,25H,7-8,10-17H2,1-5H3/t21-,22-,25-,27+,28-,29+,30-/m1/s1. The van der Waals surface area contributed by atoms with Crippen molar-refractivity contribution in [1.29, 1.82) is 0 Å². The Bertz CT molecular complexity index is 1090. The minimum Gasteiger partial charge on any atom is -0.486 e. The van der Waals surface area contributed by atoms with Gasteiger partial charge in [-0.2, -0.15) is 0 Å². The second-order valence-electron chi connectivity index (χ2n) is 14.3. The Morgan fingerprint density at radius 2 is 1.91 bits per heavy atom. The monoisotopic (exact) mass is 463 g/mol. The molecule has 7 atom stereocenters. The number of hydrogen-bond donors (Lipinski definition) is 0. The summed E-state index contributed by atoms with van der Waals surface area (Å²) in [4.78, 5) is 2.94. The molecule has 3 spiro atoms. The van der Waals surface area contributed by atoms with Crippen LogP contribution in [0.15, 0.2) is 12.1 Å². The highest BCUT2D eigenvalue weighted by Crippen LogP contribution is 2.78. The van der Waals surface area contributed by atoms with Crippen LogP contribution in [0.1, 0.15) is 82.9 Å². The first-order valence-corrected chi connectivity index (χ1v) is 14.0. The topological polar surface area (TPSA) is 30.9 Å². The molecule has 0 unspecified atom stereocenters. The quantitative estimate of drug-likeness (QED) is 0.589. The number of nitrogens with zero attached hydrogens (tertiary/aromatic N) is 1. The first kappa shape index (κ1) is 21.0. The Balaban J connectivity index is 1.38. The summed E-state index contributed by atoms with van der Waals surface area (Å²) in [5.74, 6) is 2.51. The van der Waals surface area contributed by atoms with Crippen molar-refractivity contribution in [3.8, 4) is 5.75 Å². The Morgan fingerprint density at radius 1 is 1.09 bits per heavy atom. The molecule has 8 aliphatic rings. The zero-order valence-electron chi connectivity index (χ0n) is 21.7. The maximum absolute atomic E-state index is 7.23. The first-order valence-electron chi connectivity index (χ1n) is 14.0. The van der Waals surface area contributed by atoms with Gasteiger partial charge in [0.2, 0.25) is 0 Å². The Hall–Kier alpha value is -1.10. The van der Waals surface area contributed by atoms with Gasteiger partial charge in [-0.25, -0.2) is 0 Å². The van der Waals surface area contributed by atoms with Gasteiger partial charge in [0.15, 0.2) is 0 Å². The largest absolute Gasteiger partial charge is 0.486 e. The van der Waals surface area contributed by atoms with Gasteiger partial charge < -0.3 is 14.2 Å². The van der Waals surface area contributed by atoms with E-state index in [2.05, 4.69) is 51.7 Å². The van der Waals surface area contributed by atoms with E-state index in [0.717, 1.165) is 12.3 Å². The van der Waals surface area contributed by atoms with Crippen LogP contribution < -0.4 is 4.74 Å². The van der Waals surface area contributed by atoms with E-state index in [1.54, 1.807) is 11.1 Å². The van der Waals surface area contributed by atoms with Gasteiger partial charge >= 0.3 is 0 Å². The summed E-state index contributed by atoms with van der Waals surface area (Å²) < 4.78 is 20.7. The Kier molecular flexibility index (Phi) is 3.75. The molecule has 0 radical (unpaired) electrons. The number of hydrogen-bond acceptors (Lipinski definition) is 4. The molecule has 4 saturated carbocycles. The molecule has 4 heteroatoms. The van der Waals surface area contributed by atoms with Crippen molar-refractivity contribution in [2.75, 3.05) is 19.9 Å². The molecule has 5 aliphatic carbocycles. The predicted octanol–water partition coefficient (Wildman–Crippen LogP) is 5.38. The zero-order chi connectivity index (χ0) is 23.3. The van der Waals surface area contributed by atoms with Crippen LogP contribution in [0.5, 0.6) is 5.75 Å². The van der Waals surface area contributed by atoms with Crippen molar-refractivity contribution in [3.05, 3.63) is 28.8 Å². The molecule has 6 fully saturated rings. The van der Waals surface area contributed by atoms with Gasteiger partial charge in [-0.15, -0.1) is 0 Å². The summed E-state index contributed by atoms with van der Waals surface area (Å²) in [5.41, 5.74) is 4.44. The molecule has 9 rings (SSSR count). The number of likely N-dealkylation sites (tertiary alicyclic amines) is 1.